The zero-order chi connectivity index (χ0) is 28.2. The van der Waals surface area contributed by atoms with E-state index in [0.717, 1.165) is 39.2 Å². The monoisotopic (exact) mass is 554 g/mol. The Bertz CT molecular complexity index is 1570. The molecule has 7 nitrogen and oxygen atoms in total. The number of fused-ring (bicyclic) bond motifs is 2. The van der Waals surface area contributed by atoms with Crippen LogP contribution >= 0.6 is 11.6 Å². The third kappa shape index (κ3) is 5.66. The number of carbonyl (C=O) groups is 1. The number of amides is 1. The number of hydrogen-bond acceptors (Lipinski definition) is 5. The number of halogens is 1. The average Bonchev–Trinajstić information content (AvgIpc) is 2.98. The van der Waals surface area contributed by atoms with Gasteiger partial charge in [0.15, 0.2) is 5.84 Å². The van der Waals surface area contributed by atoms with E-state index >= 15 is 0 Å². The van der Waals surface area contributed by atoms with Crippen LogP contribution in [0.1, 0.15) is 49.8 Å². The van der Waals surface area contributed by atoms with Crippen molar-refractivity contribution in [3.05, 3.63) is 129 Å². The highest BCUT2D eigenvalue weighted by Crippen LogP contribution is 2.39. The fraction of sp³-hybridized carbons (Fsp3) is 0.188. The summed E-state index contributed by atoms with van der Waals surface area (Å²) in [5.41, 5.74) is 14.7. The number of methoxy groups -OCH3 is 1. The molecule has 1 aliphatic carbocycles. The van der Waals surface area contributed by atoms with Crippen LogP contribution in [0, 0.1) is 0 Å². The first kappa shape index (κ1) is 27.2. The van der Waals surface area contributed by atoms with E-state index < -0.39 is 0 Å². The Morgan fingerprint density at radius 3 is 2.33 bits per heavy atom. The van der Waals surface area contributed by atoms with Gasteiger partial charge in [0, 0.05) is 48.2 Å². The number of hydrogen-bond donors (Lipinski definition) is 2. The summed E-state index contributed by atoms with van der Waals surface area (Å²) in [6, 6.07) is 27.5. The van der Waals surface area contributed by atoms with Crippen molar-refractivity contribution in [2.45, 2.75) is 19.1 Å². The topological polar surface area (TPSA) is 89.2 Å². The fourth-order valence-electron chi connectivity index (χ4n) is 5.05. The summed E-state index contributed by atoms with van der Waals surface area (Å²) in [6.07, 6.45) is 0.503. The minimum Gasteiger partial charge on any atom is -0.397 e. The van der Waals surface area contributed by atoms with Crippen LogP contribution in [0.15, 0.2) is 90.1 Å². The molecule has 0 heterocycles. The summed E-state index contributed by atoms with van der Waals surface area (Å²) in [6.45, 7) is 0.389. The summed E-state index contributed by atoms with van der Waals surface area (Å²) >= 11 is 6.22. The summed E-state index contributed by atoms with van der Waals surface area (Å²) in [7, 11) is 5.19. The van der Waals surface area contributed by atoms with Crippen molar-refractivity contribution in [1.82, 2.24) is 5.32 Å². The van der Waals surface area contributed by atoms with Gasteiger partial charge < -0.3 is 25.5 Å². The molecule has 40 heavy (non-hydrogen) atoms. The van der Waals surface area contributed by atoms with Crippen molar-refractivity contribution in [1.29, 1.82) is 0 Å². The predicted molar refractivity (Wildman–Crippen MR) is 159 cm³/mol. The van der Waals surface area contributed by atoms with Crippen LogP contribution in [0.3, 0.4) is 0 Å². The molecule has 0 aliphatic heterocycles. The van der Waals surface area contributed by atoms with E-state index in [0.29, 0.717) is 29.4 Å². The van der Waals surface area contributed by atoms with E-state index in [4.69, 9.17) is 26.9 Å². The van der Waals surface area contributed by atoms with Crippen LogP contribution in [0.5, 0.6) is 0 Å². The first-order valence-electron chi connectivity index (χ1n) is 12.9. The van der Waals surface area contributed by atoms with E-state index in [1.54, 1.807) is 7.11 Å². The number of rotatable bonds is 8. The van der Waals surface area contributed by atoms with E-state index in [1.165, 1.54) is 12.7 Å². The highest BCUT2D eigenvalue weighted by molar-refractivity contribution is 6.30. The smallest absolute Gasteiger partial charge is 0.251 e. The second-order valence-corrected chi connectivity index (χ2v) is 10.1. The molecule has 5 rings (SSSR count). The maximum atomic E-state index is 13.1. The zero-order valence-electron chi connectivity index (χ0n) is 22.6. The molecule has 0 radical (unpaired) electrons. The average molecular weight is 555 g/mol. The lowest BCUT2D eigenvalue weighted by Gasteiger charge is -2.29. The van der Waals surface area contributed by atoms with Crippen molar-refractivity contribution < 1.29 is 14.4 Å². The lowest BCUT2D eigenvalue weighted by atomic mass is 9.82. The van der Waals surface area contributed by atoms with Gasteiger partial charge in [-0.2, -0.15) is 0 Å². The Hall–Kier alpha value is -4.33. The Morgan fingerprint density at radius 2 is 1.62 bits per heavy atom. The molecule has 1 aliphatic rings. The van der Waals surface area contributed by atoms with Crippen LogP contribution in [0.25, 0.3) is 0 Å². The molecule has 0 saturated heterocycles. The van der Waals surface area contributed by atoms with Gasteiger partial charge in [-0.15, -0.1) is 0 Å². The van der Waals surface area contributed by atoms with Crippen LogP contribution in [0.2, 0.25) is 5.02 Å². The number of benzene rings is 4. The van der Waals surface area contributed by atoms with E-state index in [1.807, 2.05) is 73.8 Å². The zero-order valence-corrected chi connectivity index (χ0v) is 23.4. The largest absolute Gasteiger partial charge is 0.397 e. The molecule has 0 bridgehead atoms. The van der Waals surface area contributed by atoms with Crippen molar-refractivity contribution >= 4 is 34.7 Å². The van der Waals surface area contributed by atoms with E-state index in [2.05, 4.69) is 33.6 Å². The maximum Gasteiger partial charge on any atom is 0.251 e. The van der Waals surface area contributed by atoms with Crippen LogP contribution in [-0.2, 0) is 22.5 Å². The number of ether oxygens (including phenoxy) is 1. The number of carbonyl (C=O) groups excluding carboxylic acids is 1. The number of anilines is 2. The second-order valence-electron chi connectivity index (χ2n) is 9.67. The highest BCUT2D eigenvalue weighted by atomic mass is 35.5. The summed E-state index contributed by atoms with van der Waals surface area (Å²) in [5.74, 6) is 0.160. The maximum absolute atomic E-state index is 13.1. The molecule has 0 saturated carbocycles. The van der Waals surface area contributed by atoms with Crippen LogP contribution < -0.4 is 16.0 Å². The first-order chi connectivity index (χ1) is 19.4. The normalized spacial score (nSPS) is 14.2. The van der Waals surface area contributed by atoms with Gasteiger partial charge in [-0.1, -0.05) is 59.2 Å². The first-order valence-corrected chi connectivity index (χ1v) is 13.3. The molecular weight excluding hydrogens is 524 g/mol. The van der Waals surface area contributed by atoms with E-state index in [9.17, 15) is 4.79 Å². The van der Waals surface area contributed by atoms with Gasteiger partial charge in [-0.3, -0.25) is 4.79 Å². The minimum atomic E-state index is -0.200. The molecule has 4 aromatic rings. The Labute approximate surface area is 239 Å². The van der Waals surface area contributed by atoms with Crippen molar-refractivity contribution in [3.8, 4) is 0 Å². The number of oxime groups is 1. The highest BCUT2D eigenvalue weighted by Gasteiger charge is 2.27. The summed E-state index contributed by atoms with van der Waals surface area (Å²) < 4.78 is 5.94. The molecular formula is C32H31ClN4O3. The van der Waals surface area contributed by atoms with Crippen LogP contribution in [0.4, 0.5) is 11.4 Å². The van der Waals surface area contributed by atoms with Crippen molar-refractivity contribution in [2.24, 2.45) is 10.9 Å². The molecule has 0 spiro atoms. The SMILES string of the molecule is CON=C(N)c1ccc(CNC(=O)c2ccc3c(c2)Cc2cc(N(C)c4cccc(Cl)c4)ccc2[C@@H]3OC)cc1. The van der Waals surface area contributed by atoms with E-state index in [-0.39, 0.29) is 12.0 Å². The standard InChI is InChI=1S/C32H31ClN4O3/c1-37(26-6-4-5-25(33)18-26)27-12-14-29-24(17-27)16-23-15-22(11-13-28(23)30(29)39-2)32(38)35-19-20-7-9-21(10-8-20)31(34)36-40-3/h4-15,17-18,30H,16,19H2,1-3H3,(H2,34,36)(H,35,38)/t30-/m1/s1. The number of nitrogens with two attached hydrogens (primary N) is 1. The van der Waals surface area contributed by atoms with Crippen LogP contribution in [-0.4, -0.2) is 33.0 Å². The second kappa shape index (κ2) is 11.8. The molecule has 3 N–H and O–H groups in total. The molecule has 0 fully saturated rings. The van der Waals surface area contributed by atoms with Crippen molar-refractivity contribution in [3.63, 3.8) is 0 Å². The number of nitrogens with zero attached hydrogens (tertiary/aromatic N) is 2. The van der Waals surface area contributed by atoms with Gasteiger partial charge in [0.2, 0.25) is 0 Å². The van der Waals surface area contributed by atoms with Gasteiger partial charge >= 0.3 is 0 Å². The molecule has 0 unspecified atom stereocenters. The minimum absolute atomic E-state index is 0.137. The molecule has 8 heteroatoms. The van der Waals surface area contributed by atoms with Gasteiger partial charge in [0.25, 0.3) is 5.91 Å². The fourth-order valence-corrected chi connectivity index (χ4v) is 5.24. The Balaban J connectivity index is 1.33. The number of amidine groups is 1. The third-order valence-electron chi connectivity index (χ3n) is 7.19. The quantitative estimate of drug-likeness (QED) is 0.160. The Kier molecular flexibility index (Phi) is 8.05. The van der Waals surface area contributed by atoms with Gasteiger partial charge in [-0.05, 0) is 76.7 Å². The lowest BCUT2D eigenvalue weighted by molar-refractivity contribution is 0.0950. The molecule has 1 amide bonds. The molecule has 1 atom stereocenters. The van der Waals surface area contributed by atoms with Gasteiger partial charge in [0.05, 0.1) is 0 Å². The summed E-state index contributed by atoms with van der Waals surface area (Å²) in [4.78, 5) is 19.9. The number of nitrogens with one attached hydrogen (secondary N) is 1. The summed E-state index contributed by atoms with van der Waals surface area (Å²) in [5, 5.41) is 7.45. The predicted octanol–water partition coefficient (Wildman–Crippen LogP) is 5.94. The van der Waals surface area contributed by atoms with Gasteiger partial charge in [0.1, 0.15) is 13.2 Å². The Morgan fingerprint density at radius 1 is 0.950 bits per heavy atom. The molecule has 0 aromatic heterocycles. The lowest BCUT2D eigenvalue weighted by Crippen LogP contribution is -2.24. The molecule has 4 aromatic carbocycles. The van der Waals surface area contributed by atoms with Crippen molar-refractivity contribution in [2.75, 3.05) is 26.2 Å². The molecule has 204 valence electrons. The third-order valence-corrected chi connectivity index (χ3v) is 7.42. The van der Waals surface area contributed by atoms with Gasteiger partial charge in [-0.25, -0.2) is 0 Å².